The molecule has 0 unspecified atom stereocenters. The van der Waals surface area contributed by atoms with E-state index >= 15 is 4.39 Å². The van der Waals surface area contributed by atoms with Crippen LogP contribution in [0, 0.1) is 18.6 Å². The maximum Gasteiger partial charge on any atom is 0.573 e. The molecule has 0 spiro atoms. The number of halogens is 6. The summed E-state index contributed by atoms with van der Waals surface area (Å²) in [5.41, 5.74) is 2.77. The van der Waals surface area contributed by atoms with Gasteiger partial charge in [-0.25, -0.2) is 13.3 Å². The fraction of sp³-hybridized carbons (Fsp3) is 0.286. The van der Waals surface area contributed by atoms with Crippen molar-refractivity contribution < 1.29 is 31.5 Å². The van der Waals surface area contributed by atoms with E-state index in [2.05, 4.69) is 15.2 Å². The van der Waals surface area contributed by atoms with Gasteiger partial charge in [0.1, 0.15) is 17.4 Å². The minimum absolute atomic E-state index is 0. The maximum absolute atomic E-state index is 15.1. The van der Waals surface area contributed by atoms with Crippen LogP contribution in [-0.2, 0) is 6.54 Å². The fourth-order valence-corrected chi connectivity index (χ4v) is 5.01. The lowest BCUT2D eigenvalue weighted by Crippen LogP contribution is -2.52. The second kappa shape index (κ2) is 11.8. The van der Waals surface area contributed by atoms with Crippen molar-refractivity contribution in [3.05, 3.63) is 89.2 Å². The number of nitrogens with one attached hydrogen (secondary N) is 1. The van der Waals surface area contributed by atoms with Crippen molar-refractivity contribution in [3.63, 3.8) is 0 Å². The number of ether oxygens (including phenoxy) is 1. The highest BCUT2D eigenvalue weighted by Gasteiger charge is 2.31. The van der Waals surface area contributed by atoms with E-state index in [4.69, 9.17) is 0 Å². The van der Waals surface area contributed by atoms with Crippen LogP contribution < -0.4 is 19.9 Å². The van der Waals surface area contributed by atoms with E-state index in [0.29, 0.717) is 42.1 Å². The molecule has 0 radical (unpaired) electrons. The predicted molar refractivity (Wildman–Crippen MR) is 147 cm³/mol. The number of hydrogen-bond donors (Lipinski definition) is 1. The molecule has 1 N–H and O–H groups in total. The lowest BCUT2D eigenvalue weighted by molar-refractivity contribution is -0.274. The molecular formula is C28H27ClF5N5O2. The largest absolute Gasteiger partial charge is 0.573 e. The Morgan fingerprint density at radius 1 is 1.07 bits per heavy atom. The minimum Gasteiger partial charge on any atom is -0.406 e. The van der Waals surface area contributed by atoms with E-state index in [9.17, 15) is 22.4 Å². The molecule has 1 fully saturated rings. The third kappa shape index (κ3) is 6.64. The number of nitrogens with zero attached hydrogens (tertiary/aromatic N) is 4. The van der Waals surface area contributed by atoms with Crippen LogP contribution >= 0.6 is 12.4 Å². The highest BCUT2D eigenvalue weighted by atomic mass is 35.5. The number of fused-ring (bicyclic) bond motifs is 1. The second-order valence-corrected chi connectivity index (χ2v) is 9.63. The number of rotatable bonds is 6. The number of piperazine rings is 1. The molecule has 5 rings (SSSR count). The van der Waals surface area contributed by atoms with Gasteiger partial charge in [0.15, 0.2) is 0 Å². The number of aryl methyl sites for hydroxylation is 1. The van der Waals surface area contributed by atoms with Crippen LogP contribution in [0.5, 0.6) is 5.75 Å². The first-order chi connectivity index (χ1) is 19.0. The number of anilines is 2. The van der Waals surface area contributed by atoms with Crippen molar-refractivity contribution in [1.82, 2.24) is 14.9 Å². The number of aromatic nitrogens is 2. The topological polar surface area (TPSA) is 62.1 Å². The smallest absolute Gasteiger partial charge is 0.406 e. The van der Waals surface area contributed by atoms with E-state index in [1.165, 1.54) is 41.0 Å². The molecule has 1 aliphatic rings. The van der Waals surface area contributed by atoms with Gasteiger partial charge in [0.25, 0.3) is 5.91 Å². The van der Waals surface area contributed by atoms with E-state index in [-0.39, 0.29) is 36.3 Å². The lowest BCUT2D eigenvalue weighted by atomic mass is 10.1. The van der Waals surface area contributed by atoms with Crippen LogP contribution in [0.4, 0.5) is 33.3 Å². The van der Waals surface area contributed by atoms with Crippen LogP contribution in [0.2, 0.25) is 0 Å². The number of carbonyl (C=O) groups is 1. The van der Waals surface area contributed by atoms with E-state index in [0.717, 1.165) is 5.69 Å². The van der Waals surface area contributed by atoms with Gasteiger partial charge >= 0.3 is 6.36 Å². The molecule has 2 aromatic carbocycles. The Hall–Kier alpha value is -4.06. The normalized spacial score (nSPS) is 15.5. The predicted octanol–water partition coefficient (Wildman–Crippen LogP) is 5.89. The molecule has 0 saturated carbocycles. The summed E-state index contributed by atoms with van der Waals surface area (Å²) in [6.07, 6.45) is -3.31. The fourth-order valence-electron chi connectivity index (χ4n) is 5.01. The molecular weight excluding hydrogens is 569 g/mol. The van der Waals surface area contributed by atoms with Gasteiger partial charge < -0.3 is 19.9 Å². The van der Waals surface area contributed by atoms with Gasteiger partial charge in [-0.2, -0.15) is 5.10 Å². The third-order valence-electron chi connectivity index (χ3n) is 6.83. The Morgan fingerprint density at radius 3 is 2.46 bits per heavy atom. The molecule has 1 atom stereocenters. The molecule has 2 aromatic heterocycles. The number of carbonyl (C=O) groups excluding carboxylic acids is 1. The summed E-state index contributed by atoms with van der Waals surface area (Å²) in [7, 11) is 0. The van der Waals surface area contributed by atoms with Crippen LogP contribution in [0.25, 0.3) is 5.52 Å². The summed E-state index contributed by atoms with van der Waals surface area (Å²) >= 11 is 0. The molecule has 1 saturated heterocycles. The standard InChI is InChI=1S/C28H26F5N5O2.ClH/c1-17-16-36(11-12-37(17)21-4-6-22(7-5-21)40-28(31,32)33)24-8-3-19(13-23(24)30)15-34-27(39)26-18(2)35-38-10-9-20(29)14-25(26)38;/h3-10,13-14,17H,11-12,15-16H2,1-2H3,(H,34,39);1H/t17-;/m0./s1. The Kier molecular flexibility index (Phi) is 8.62. The first-order valence-corrected chi connectivity index (χ1v) is 12.6. The Bertz CT molecular complexity index is 1540. The highest BCUT2D eigenvalue weighted by molar-refractivity contribution is 6.01. The average Bonchev–Trinajstić information content (AvgIpc) is 3.22. The molecule has 4 aromatic rings. The number of pyridine rings is 1. The minimum atomic E-state index is -4.75. The van der Waals surface area contributed by atoms with Crippen LogP contribution in [-0.4, -0.2) is 47.6 Å². The maximum atomic E-state index is 15.1. The Morgan fingerprint density at radius 2 is 1.80 bits per heavy atom. The van der Waals surface area contributed by atoms with Crippen LogP contribution in [0.3, 0.4) is 0 Å². The molecule has 13 heteroatoms. The summed E-state index contributed by atoms with van der Waals surface area (Å²) in [4.78, 5) is 16.8. The van der Waals surface area contributed by atoms with Crippen molar-refractivity contribution in [1.29, 1.82) is 0 Å². The molecule has 7 nitrogen and oxygen atoms in total. The van der Waals surface area contributed by atoms with Crippen molar-refractivity contribution in [2.45, 2.75) is 32.8 Å². The zero-order valence-corrected chi connectivity index (χ0v) is 22.9. The van der Waals surface area contributed by atoms with E-state index < -0.39 is 23.9 Å². The van der Waals surface area contributed by atoms with Crippen molar-refractivity contribution in [2.75, 3.05) is 29.4 Å². The highest BCUT2D eigenvalue weighted by Crippen LogP contribution is 2.29. The second-order valence-electron chi connectivity index (χ2n) is 9.63. The summed E-state index contributed by atoms with van der Waals surface area (Å²) in [5, 5.41) is 6.98. The zero-order valence-electron chi connectivity index (χ0n) is 22.1. The SMILES string of the molecule is Cc1nn2ccc(F)cc2c1C(=O)NCc1ccc(N2CCN(c3ccc(OC(F)(F)F)cc3)[C@@H](C)C2)c(F)c1.Cl. The average molecular weight is 596 g/mol. The number of hydrogen-bond acceptors (Lipinski definition) is 5. The number of benzene rings is 2. The quantitative estimate of drug-likeness (QED) is 0.282. The van der Waals surface area contributed by atoms with Crippen LogP contribution in [0.15, 0.2) is 60.8 Å². The van der Waals surface area contributed by atoms with Crippen molar-refractivity contribution >= 4 is 35.2 Å². The first-order valence-electron chi connectivity index (χ1n) is 12.6. The molecule has 1 amide bonds. The Labute approximate surface area is 238 Å². The zero-order chi connectivity index (χ0) is 28.6. The molecule has 0 aliphatic carbocycles. The summed E-state index contributed by atoms with van der Waals surface area (Å²) in [6, 6.07) is 12.9. The van der Waals surface area contributed by atoms with Gasteiger partial charge in [0.05, 0.1) is 22.5 Å². The summed E-state index contributed by atoms with van der Waals surface area (Å²) in [6.45, 7) is 5.23. The summed E-state index contributed by atoms with van der Waals surface area (Å²) < 4.78 is 71.5. The van der Waals surface area contributed by atoms with Crippen molar-refractivity contribution in [3.8, 4) is 5.75 Å². The number of alkyl halides is 3. The lowest BCUT2D eigenvalue weighted by Gasteiger charge is -2.42. The van der Waals surface area contributed by atoms with E-state index in [1.807, 2.05) is 16.7 Å². The van der Waals surface area contributed by atoms with Gasteiger partial charge in [0.2, 0.25) is 0 Å². The molecule has 41 heavy (non-hydrogen) atoms. The first kappa shape index (κ1) is 29.9. The van der Waals surface area contributed by atoms with E-state index in [1.54, 1.807) is 31.2 Å². The third-order valence-corrected chi connectivity index (χ3v) is 6.83. The van der Waals surface area contributed by atoms with Gasteiger partial charge in [-0.3, -0.25) is 4.79 Å². The summed E-state index contributed by atoms with van der Waals surface area (Å²) in [5.74, 6) is -1.65. The van der Waals surface area contributed by atoms with Gasteiger partial charge in [-0.05, 0) is 61.9 Å². The number of amides is 1. The molecule has 1 aliphatic heterocycles. The van der Waals surface area contributed by atoms with Gasteiger partial charge in [-0.15, -0.1) is 25.6 Å². The van der Waals surface area contributed by atoms with Gasteiger partial charge in [0, 0.05) is 50.2 Å². The Balaban J connectivity index is 0.00000387. The van der Waals surface area contributed by atoms with Gasteiger partial charge in [-0.1, -0.05) is 6.07 Å². The van der Waals surface area contributed by atoms with Crippen molar-refractivity contribution in [2.24, 2.45) is 0 Å². The molecule has 3 heterocycles. The molecule has 0 bridgehead atoms. The monoisotopic (exact) mass is 595 g/mol. The van der Waals surface area contributed by atoms with Crippen LogP contribution in [0.1, 0.15) is 28.5 Å². The molecule has 218 valence electrons.